The van der Waals surface area contributed by atoms with Crippen molar-refractivity contribution < 1.29 is 0 Å². The van der Waals surface area contributed by atoms with Crippen molar-refractivity contribution >= 4 is 34.0 Å². The van der Waals surface area contributed by atoms with Gasteiger partial charge in [-0.1, -0.05) is 43.5 Å². The second kappa shape index (κ2) is 4.32. The van der Waals surface area contributed by atoms with Crippen molar-refractivity contribution in [1.82, 2.24) is 9.97 Å². The van der Waals surface area contributed by atoms with E-state index in [4.69, 9.17) is 0 Å². The molecule has 0 saturated carbocycles. The molecule has 3 aromatic rings. The monoisotopic (exact) mass is 246 g/mol. The molecule has 19 heavy (non-hydrogen) atoms. The lowest BCUT2D eigenvalue weighted by atomic mass is 9.94. The fourth-order valence-electron chi connectivity index (χ4n) is 2.62. The van der Waals surface area contributed by atoms with Gasteiger partial charge in [-0.05, 0) is 23.4 Å². The molecule has 0 radical (unpaired) electrons. The maximum atomic E-state index is 4.51. The van der Waals surface area contributed by atoms with Crippen LogP contribution < -0.4 is 0 Å². The molecule has 0 aliphatic rings. The number of rotatable bonds is 2. The van der Waals surface area contributed by atoms with E-state index in [1.54, 1.807) is 12.4 Å². The van der Waals surface area contributed by atoms with Crippen LogP contribution in [0.3, 0.4) is 0 Å². The van der Waals surface area contributed by atoms with Gasteiger partial charge >= 0.3 is 0 Å². The second-order valence-electron chi connectivity index (χ2n) is 4.49. The van der Waals surface area contributed by atoms with Crippen molar-refractivity contribution in [3.8, 4) is 0 Å². The number of nitrogens with zero attached hydrogens (tertiary/aromatic N) is 2. The Morgan fingerprint density at radius 2 is 1.63 bits per heavy atom. The standard InChI is InChI=1S/C17H14N2/c1-4-12-13(5-2)16-17(19-10-9-18-16)15-11(3)7-6-8-14(12)15/h4-10H,1-2H2,3H3. The zero-order valence-electron chi connectivity index (χ0n) is 10.9. The molecule has 0 amide bonds. The Morgan fingerprint density at radius 3 is 2.32 bits per heavy atom. The van der Waals surface area contributed by atoms with Gasteiger partial charge in [-0.2, -0.15) is 0 Å². The first-order valence-electron chi connectivity index (χ1n) is 6.18. The Labute approximate surface area is 112 Å². The summed E-state index contributed by atoms with van der Waals surface area (Å²) in [5.74, 6) is 0. The molecule has 2 aromatic carbocycles. The van der Waals surface area contributed by atoms with E-state index in [2.05, 4.69) is 48.2 Å². The molecule has 0 saturated heterocycles. The summed E-state index contributed by atoms with van der Waals surface area (Å²) in [6.07, 6.45) is 7.14. The summed E-state index contributed by atoms with van der Waals surface area (Å²) >= 11 is 0. The van der Waals surface area contributed by atoms with Crippen LogP contribution in [0.5, 0.6) is 0 Å². The van der Waals surface area contributed by atoms with Crippen molar-refractivity contribution in [2.45, 2.75) is 6.92 Å². The summed E-state index contributed by atoms with van der Waals surface area (Å²) in [6, 6.07) is 6.25. The molecular weight excluding hydrogens is 232 g/mol. The minimum absolute atomic E-state index is 0.884. The van der Waals surface area contributed by atoms with Gasteiger partial charge in [-0.15, -0.1) is 0 Å². The van der Waals surface area contributed by atoms with E-state index in [1.165, 1.54) is 5.56 Å². The van der Waals surface area contributed by atoms with Gasteiger partial charge in [0.15, 0.2) is 0 Å². The lowest BCUT2D eigenvalue weighted by Crippen LogP contribution is -1.94. The average Bonchev–Trinajstić information content (AvgIpc) is 2.45. The number of aromatic nitrogens is 2. The van der Waals surface area contributed by atoms with Crippen molar-refractivity contribution in [3.63, 3.8) is 0 Å². The van der Waals surface area contributed by atoms with Gasteiger partial charge in [0, 0.05) is 23.3 Å². The fourth-order valence-corrected chi connectivity index (χ4v) is 2.62. The minimum Gasteiger partial charge on any atom is -0.252 e. The zero-order valence-corrected chi connectivity index (χ0v) is 10.9. The van der Waals surface area contributed by atoms with Crippen LogP contribution in [0.2, 0.25) is 0 Å². The first kappa shape index (κ1) is 11.6. The molecule has 1 aromatic heterocycles. The van der Waals surface area contributed by atoms with Gasteiger partial charge in [-0.25, -0.2) is 0 Å². The van der Waals surface area contributed by atoms with Crippen LogP contribution in [-0.4, -0.2) is 9.97 Å². The molecule has 92 valence electrons. The van der Waals surface area contributed by atoms with Crippen LogP contribution in [0.25, 0.3) is 34.0 Å². The molecule has 2 heteroatoms. The quantitative estimate of drug-likeness (QED) is 0.627. The van der Waals surface area contributed by atoms with Crippen molar-refractivity contribution in [2.75, 3.05) is 0 Å². The molecule has 0 bridgehead atoms. The Hall–Kier alpha value is -2.48. The van der Waals surface area contributed by atoms with E-state index in [9.17, 15) is 0 Å². The Bertz CT molecular complexity index is 816. The van der Waals surface area contributed by atoms with E-state index >= 15 is 0 Å². The molecular formula is C17H14N2. The van der Waals surface area contributed by atoms with Crippen LogP contribution >= 0.6 is 0 Å². The number of hydrogen-bond donors (Lipinski definition) is 0. The van der Waals surface area contributed by atoms with Gasteiger partial charge in [-0.3, -0.25) is 9.97 Å². The van der Waals surface area contributed by atoms with Gasteiger partial charge in [0.25, 0.3) is 0 Å². The topological polar surface area (TPSA) is 25.8 Å². The lowest BCUT2D eigenvalue weighted by molar-refractivity contribution is 1.30. The molecule has 0 unspecified atom stereocenters. The maximum absolute atomic E-state index is 4.51. The average molecular weight is 246 g/mol. The molecule has 0 spiro atoms. The van der Waals surface area contributed by atoms with Crippen LogP contribution in [0.4, 0.5) is 0 Å². The molecule has 0 N–H and O–H groups in total. The third-order valence-electron chi connectivity index (χ3n) is 3.45. The summed E-state index contributed by atoms with van der Waals surface area (Å²) in [5.41, 5.74) is 5.07. The summed E-state index contributed by atoms with van der Waals surface area (Å²) in [6.45, 7) is 9.93. The zero-order chi connectivity index (χ0) is 13.4. The largest absolute Gasteiger partial charge is 0.252 e. The lowest BCUT2D eigenvalue weighted by Gasteiger charge is -2.12. The van der Waals surface area contributed by atoms with Gasteiger partial charge in [0.05, 0.1) is 11.0 Å². The summed E-state index contributed by atoms with van der Waals surface area (Å²) in [7, 11) is 0. The molecule has 3 rings (SSSR count). The van der Waals surface area contributed by atoms with Crippen LogP contribution in [0.1, 0.15) is 16.7 Å². The summed E-state index contributed by atoms with van der Waals surface area (Å²) in [5, 5.41) is 2.30. The highest BCUT2D eigenvalue weighted by molar-refractivity contribution is 6.12. The highest BCUT2D eigenvalue weighted by Crippen LogP contribution is 2.33. The van der Waals surface area contributed by atoms with E-state index < -0.39 is 0 Å². The molecule has 0 aliphatic carbocycles. The van der Waals surface area contributed by atoms with E-state index in [-0.39, 0.29) is 0 Å². The Balaban J connectivity index is 2.73. The second-order valence-corrected chi connectivity index (χ2v) is 4.49. The molecule has 0 fully saturated rings. The van der Waals surface area contributed by atoms with E-state index in [0.717, 1.165) is 32.9 Å². The van der Waals surface area contributed by atoms with Crippen molar-refractivity contribution in [2.24, 2.45) is 0 Å². The first-order chi connectivity index (χ1) is 9.27. The highest BCUT2D eigenvalue weighted by atomic mass is 14.8. The van der Waals surface area contributed by atoms with Crippen molar-refractivity contribution in [3.05, 3.63) is 60.4 Å². The predicted molar refractivity (Wildman–Crippen MR) is 82.0 cm³/mol. The fraction of sp³-hybridized carbons (Fsp3) is 0.0588. The van der Waals surface area contributed by atoms with E-state index in [1.807, 2.05) is 12.2 Å². The normalized spacial score (nSPS) is 10.8. The smallest absolute Gasteiger partial charge is 0.0974 e. The van der Waals surface area contributed by atoms with Crippen LogP contribution in [-0.2, 0) is 0 Å². The predicted octanol–water partition coefficient (Wildman–Crippen LogP) is 4.38. The van der Waals surface area contributed by atoms with Crippen molar-refractivity contribution in [1.29, 1.82) is 0 Å². The molecule has 0 aliphatic heterocycles. The molecule has 1 heterocycles. The maximum Gasteiger partial charge on any atom is 0.0974 e. The third kappa shape index (κ3) is 1.57. The SMILES string of the molecule is C=Cc1c(C=C)c2nccnc2c2c(C)cccc12. The van der Waals surface area contributed by atoms with Gasteiger partial charge < -0.3 is 0 Å². The Kier molecular flexibility index (Phi) is 2.64. The number of fused-ring (bicyclic) bond motifs is 3. The summed E-state index contributed by atoms with van der Waals surface area (Å²) < 4.78 is 0. The number of benzene rings is 2. The van der Waals surface area contributed by atoms with Crippen LogP contribution in [0, 0.1) is 6.92 Å². The van der Waals surface area contributed by atoms with Gasteiger partial charge in [0.2, 0.25) is 0 Å². The number of aryl methyl sites for hydroxylation is 1. The van der Waals surface area contributed by atoms with Gasteiger partial charge in [0.1, 0.15) is 0 Å². The first-order valence-corrected chi connectivity index (χ1v) is 6.18. The summed E-state index contributed by atoms with van der Waals surface area (Å²) in [4.78, 5) is 8.98. The van der Waals surface area contributed by atoms with Crippen LogP contribution in [0.15, 0.2) is 43.8 Å². The minimum atomic E-state index is 0.884. The van der Waals surface area contributed by atoms with E-state index in [0.29, 0.717) is 0 Å². The molecule has 0 atom stereocenters. The molecule has 2 nitrogen and oxygen atoms in total. The number of hydrogen-bond acceptors (Lipinski definition) is 2. The highest BCUT2D eigenvalue weighted by Gasteiger charge is 2.13. The Morgan fingerprint density at radius 1 is 0.947 bits per heavy atom. The third-order valence-corrected chi connectivity index (χ3v) is 3.45.